The summed E-state index contributed by atoms with van der Waals surface area (Å²) in [6.45, 7) is -0.585. The third-order valence-electron chi connectivity index (χ3n) is 2.13. The summed E-state index contributed by atoms with van der Waals surface area (Å²) in [4.78, 5) is 14.4. The Hall–Kier alpha value is -2.04. The predicted molar refractivity (Wildman–Crippen MR) is 55.2 cm³/mol. The van der Waals surface area contributed by atoms with Crippen molar-refractivity contribution in [2.75, 3.05) is 7.11 Å². The zero-order valence-corrected chi connectivity index (χ0v) is 10.3. The summed E-state index contributed by atoms with van der Waals surface area (Å²) in [5.41, 5.74) is 1.20. The first-order chi connectivity index (χ1) is 9.49. The van der Waals surface area contributed by atoms with Crippen LogP contribution in [0.15, 0.2) is 6.07 Å². The molecular weight excluding hydrogens is 310 g/mol. The van der Waals surface area contributed by atoms with Crippen molar-refractivity contribution in [1.29, 1.82) is 0 Å². The number of halogens is 6. The fourth-order valence-corrected chi connectivity index (χ4v) is 1.39. The minimum absolute atomic E-state index is 0.495. The first-order valence-corrected chi connectivity index (χ1v) is 5.15. The molecule has 0 fully saturated rings. The molecule has 118 valence electrons. The van der Waals surface area contributed by atoms with Gasteiger partial charge in [-0.05, 0) is 0 Å². The van der Waals surface area contributed by atoms with Crippen molar-refractivity contribution in [3.8, 4) is 5.75 Å². The third kappa shape index (κ3) is 4.21. The van der Waals surface area contributed by atoms with Crippen molar-refractivity contribution in [3.05, 3.63) is 23.0 Å². The minimum Gasteiger partial charge on any atom is -0.465 e. The summed E-state index contributed by atoms with van der Waals surface area (Å²) in [7, 11) is 0.705. The Balaban J connectivity index is 3.62. The Bertz CT molecular complexity index is 541. The fraction of sp³-hybridized carbons (Fsp3) is 0.400. The highest BCUT2D eigenvalue weighted by Gasteiger charge is 2.42. The second-order valence-electron chi connectivity index (χ2n) is 3.58. The summed E-state index contributed by atoms with van der Waals surface area (Å²) >= 11 is 0. The molecule has 0 unspecified atom stereocenters. The van der Waals surface area contributed by atoms with Gasteiger partial charge in [-0.15, -0.1) is 13.2 Å². The molecule has 1 rings (SSSR count). The largest absolute Gasteiger partial charge is 0.573 e. The van der Waals surface area contributed by atoms with Gasteiger partial charge in [-0.2, -0.15) is 13.2 Å². The molecule has 1 aromatic heterocycles. The zero-order chi connectivity index (χ0) is 16.4. The van der Waals surface area contributed by atoms with Gasteiger partial charge in [0.15, 0.2) is 5.69 Å². The molecule has 0 aromatic carbocycles. The van der Waals surface area contributed by atoms with Crippen LogP contribution in [0.1, 0.15) is 21.7 Å². The average molecular weight is 318 g/mol. The van der Waals surface area contributed by atoms with Crippen LogP contribution in [0.3, 0.4) is 0 Å². The number of rotatable bonds is 3. The highest BCUT2D eigenvalue weighted by atomic mass is 19.4. The molecule has 0 radical (unpaired) electrons. The molecule has 2 N–H and O–H groups in total. The molecule has 0 spiro atoms. The number of hydrogen-bond donors (Lipinski definition) is 1. The van der Waals surface area contributed by atoms with Crippen LogP contribution in [-0.4, -0.2) is 24.4 Å². The fourth-order valence-electron chi connectivity index (χ4n) is 1.39. The van der Waals surface area contributed by atoms with Crippen LogP contribution in [0.4, 0.5) is 26.3 Å². The normalized spacial score (nSPS) is 12.2. The molecule has 0 amide bonds. The van der Waals surface area contributed by atoms with Crippen molar-refractivity contribution in [2.45, 2.75) is 19.1 Å². The maximum absolute atomic E-state index is 12.8. The lowest BCUT2D eigenvalue weighted by molar-refractivity contribution is -0.275. The number of aromatic nitrogens is 1. The highest BCUT2D eigenvalue weighted by molar-refractivity contribution is 5.94. The van der Waals surface area contributed by atoms with Crippen LogP contribution in [-0.2, 0) is 17.5 Å². The molecule has 5 nitrogen and oxygen atoms in total. The van der Waals surface area contributed by atoms with Crippen LogP contribution >= 0.6 is 0 Å². The smallest absolute Gasteiger partial charge is 0.465 e. The van der Waals surface area contributed by atoms with Crippen LogP contribution in [0.5, 0.6) is 5.75 Å². The standard InChI is InChI=1S/C10H8F6N2O3/c1-20-8(19)6-5(21-10(14,15)16)2-4(3-17)18-7(6)9(11,12)13/h2H,3,17H2,1H3. The molecule has 0 saturated carbocycles. The summed E-state index contributed by atoms with van der Waals surface area (Å²) in [6.07, 6.45) is -10.5. The molecule has 21 heavy (non-hydrogen) atoms. The Labute approximate surface area is 113 Å². The lowest BCUT2D eigenvalue weighted by Gasteiger charge is -2.17. The number of pyridine rings is 1. The third-order valence-corrected chi connectivity index (χ3v) is 2.13. The van der Waals surface area contributed by atoms with E-state index in [-0.39, 0.29) is 0 Å². The Morgan fingerprint density at radius 3 is 2.24 bits per heavy atom. The molecule has 0 aliphatic rings. The van der Waals surface area contributed by atoms with Crippen molar-refractivity contribution in [2.24, 2.45) is 5.73 Å². The van der Waals surface area contributed by atoms with Gasteiger partial charge in [0.1, 0.15) is 11.3 Å². The molecule has 0 saturated heterocycles. The van der Waals surface area contributed by atoms with Crippen molar-refractivity contribution in [1.82, 2.24) is 4.98 Å². The Kier molecular flexibility index (Phi) is 4.66. The second kappa shape index (κ2) is 5.76. The first kappa shape index (κ1) is 17.0. The van der Waals surface area contributed by atoms with Gasteiger partial charge in [0.2, 0.25) is 0 Å². The molecule has 0 aliphatic carbocycles. The zero-order valence-electron chi connectivity index (χ0n) is 10.3. The summed E-state index contributed by atoms with van der Waals surface area (Å²) in [5.74, 6) is -3.05. The van der Waals surface area contributed by atoms with Crippen molar-refractivity contribution >= 4 is 5.97 Å². The number of esters is 1. The van der Waals surface area contributed by atoms with E-state index in [2.05, 4.69) is 14.5 Å². The Morgan fingerprint density at radius 2 is 1.86 bits per heavy atom. The van der Waals surface area contributed by atoms with E-state index < -0.39 is 47.8 Å². The van der Waals surface area contributed by atoms with Crippen LogP contribution in [0.2, 0.25) is 0 Å². The highest BCUT2D eigenvalue weighted by Crippen LogP contribution is 2.37. The van der Waals surface area contributed by atoms with Crippen LogP contribution in [0, 0.1) is 0 Å². The number of nitrogens with zero attached hydrogens (tertiary/aromatic N) is 1. The van der Waals surface area contributed by atoms with E-state index >= 15 is 0 Å². The molecule has 1 heterocycles. The first-order valence-electron chi connectivity index (χ1n) is 5.15. The second-order valence-corrected chi connectivity index (χ2v) is 3.58. The van der Waals surface area contributed by atoms with Gasteiger partial charge in [0, 0.05) is 12.6 Å². The molecule has 0 bridgehead atoms. The maximum Gasteiger partial charge on any atom is 0.573 e. The molecule has 11 heteroatoms. The maximum atomic E-state index is 12.8. The molecule has 1 aromatic rings. The number of nitrogens with two attached hydrogens (primary N) is 1. The number of carbonyl (C=O) groups is 1. The number of alkyl halides is 6. The number of methoxy groups -OCH3 is 1. The SMILES string of the molecule is COC(=O)c1c(OC(F)(F)F)cc(CN)nc1C(F)(F)F. The van der Waals surface area contributed by atoms with E-state index in [0.29, 0.717) is 13.2 Å². The van der Waals surface area contributed by atoms with Crippen molar-refractivity contribution < 1.29 is 40.6 Å². The molecule has 0 atom stereocenters. The summed E-state index contributed by atoms with van der Waals surface area (Å²) < 4.78 is 82.7. The van der Waals surface area contributed by atoms with E-state index in [1.54, 1.807) is 0 Å². The van der Waals surface area contributed by atoms with E-state index in [1.165, 1.54) is 0 Å². The molecular formula is C10H8F6N2O3. The van der Waals surface area contributed by atoms with Gasteiger partial charge in [-0.1, -0.05) is 0 Å². The quantitative estimate of drug-likeness (QED) is 0.683. The van der Waals surface area contributed by atoms with E-state index in [9.17, 15) is 31.1 Å². The van der Waals surface area contributed by atoms with Gasteiger partial charge in [-0.3, -0.25) is 0 Å². The van der Waals surface area contributed by atoms with E-state index in [4.69, 9.17) is 5.73 Å². The summed E-state index contributed by atoms with van der Waals surface area (Å²) in [5, 5.41) is 0. The van der Waals surface area contributed by atoms with Gasteiger partial charge >= 0.3 is 18.5 Å². The topological polar surface area (TPSA) is 74.4 Å². The average Bonchev–Trinajstić information content (AvgIpc) is 2.33. The van der Waals surface area contributed by atoms with Gasteiger partial charge in [-0.25, -0.2) is 9.78 Å². The predicted octanol–water partition coefficient (Wildman–Crippen LogP) is 2.24. The Morgan fingerprint density at radius 1 is 1.29 bits per heavy atom. The van der Waals surface area contributed by atoms with Gasteiger partial charge < -0.3 is 15.2 Å². The van der Waals surface area contributed by atoms with E-state index in [1.807, 2.05) is 0 Å². The van der Waals surface area contributed by atoms with Crippen LogP contribution < -0.4 is 10.5 Å². The van der Waals surface area contributed by atoms with Gasteiger partial charge in [0.05, 0.1) is 12.8 Å². The van der Waals surface area contributed by atoms with Gasteiger partial charge in [0.25, 0.3) is 0 Å². The number of ether oxygens (including phenoxy) is 2. The molecule has 0 aliphatic heterocycles. The van der Waals surface area contributed by atoms with Crippen LogP contribution in [0.25, 0.3) is 0 Å². The lowest BCUT2D eigenvalue weighted by atomic mass is 10.1. The monoisotopic (exact) mass is 318 g/mol. The van der Waals surface area contributed by atoms with Crippen molar-refractivity contribution in [3.63, 3.8) is 0 Å². The number of hydrogen-bond acceptors (Lipinski definition) is 5. The minimum atomic E-state index is -5.31. The van der Waals surface area contributed by atoms with E-state index in [0.717, 1.165) is 0 Å². The number of carbonyl (C=O) groups excluding carboxylic acids is 1. The lowest BCUT2D eigenvalue weighted by Crippen LogP contribution is -2.24. The summed E-state index contributed by atoms with van der Waals surface area (Å²) in [6, 6.07) is 0.495.